The van der Waals surface area contributed by atoms with Crippen LogP contribution in [0.1, 0.15) is 43.7 Å². The van der Waals surface area contributed by atoms with Crippen molar-refractivity contribution in [2.75, 3.05) is 7.11 Å². The quantitative estimate of drug-likeness (QED) is 0.337. The third kappa shape index (κ3) is 4.11. The number of rotatable bonds is 5. The molecule has 4 N–H and O–H groups in total. The Balaban J connectivity index is 1.98. The largest absolute Gasteiger partial charge is 0.496 e. The van der Waals surface area contributed by atoms with E-state index in [1.807, 2.05) is 18.2 Å². The highest BCUT2D eigenvalue weighted by atomic mass is 16.5. The van der Waals surface area contributed by atoms with Gasteiger partial charge in [-0.1, -0.05) is 18.1 Å². The van der Waals surface area contributed by atoms with Crippen LogP contribution in [-0.4, -0.2) is 24.2 Å². The maximum atomic E-state index is 8.77. The second kappa shape index (κ2) is 7.31. The molecule has 0 radical (unpaired) electrons. The van der Waals surface area contributed by atoms with Gasteiger partial charge in [0.05, 0.1) is 12.7 Å². The predicted octanol–water partition coefficient (Wildman–Crippen LogP) is 2.46. The van der Waals surface area contributed by atoms with E-state index in [4.69, 9.17) is 15.7 Å². The Morgan fingerprint density at radius 2 is 2.10 bits per heavy atom. The average Bonchev–Trinajstić information content (AvgIpc) is 2.53. The molecule has 1 aromatic carbocycles. The number of hydrogen-bond acceptors (Lipinski definition) is 4. The highest BCUT2D eigenvalue weighted by Gasteiger charge is 2.17. The number of hydrogen-bond donors (Lipinski definition) is 3. The monoisotopic (exact) mass is 291 g/mol. The predicted molar refractivity (Wildman–Crippen MR) is 83.8 cm³/mol. The number of ether oxygens (including phenoxy) is 1. The molecule has 5 heteroatoms. The molecule has 1 fully saturated rings. The number of nitrogens with two attached hydrogens (primary N) is 1. The summed E-state index contributed by atoms with van der Waals surface area (Å²) in [5.41, 5.74) is 7.37. The van der Waals surface area contributed by atoms with Crippen LogP contribution in [0.5, 0.6) is 5.75 Å². The Morgan fingerprint density at radius 3 is 2.71 bits per heavy atom. The second-order valence-electron chi connectivity index (χ2n) is 5.86. The molecule has 0 spiro atoms. The van der Waals surface area contributed by atoms with Crippen LogP contribution in [0.15, 0.2) is 23.4 Å². The number of methoxy groups -OCH3 is 1. The number of oxime groups is 1. The molecule has 0 bridgehead atoms. The summed E-state index contributed by atoms with van der Waals surface area (Å²) in [6.45, 7) is 3.14. The van der Waals surface area contributed by atoms with Gasteiger partial charge in [0, 0.05) is 12.6 Å². The van der Waals surface area contributed by atoms with Gasteiger partial charge >= 0.3 is 0 Å². The van der Waals surface area contributed by atoms with Crippen LogP contribution in [-0.2, 0) is 6.54 Å². The zero-order valence-electron chi connectivity index (χ0n) is 12.8. The van der Waals surface area contributed by atoms with Gasteiger partial charge in [0.25, 0.3) is 0 Å². The van der Waals surface area contributed by atoms with Crippen LogP contribution in [0.25, 0.3) is 0 Å². The lowest BCUT2D eigenvalue weighted by atomic mass is 9.87. The van der Waals surface area contributed by atoms with E-state index in [2.05, 4.69) is 17.4 Å². The Labute approximate surface area is 126 Å². The SMILES string of the molecule is COc1cc(CNC2CCC(C)CC2)ccc1/C(N)=N/O. The van der Waals surface area contributed by atoms with Gasteiger partial charge in [0.2, 0.25) is 0 Å². The van der Waals surface area contributed by atoms with Gasteiger partial charge in [-0.25, -0.2) is 0 Å². The van der Waals surface area contributed by atoms with Crippen LogP contribution >= 0.6 is 0 Å². The first-order chi connectivity index (χ1) is 10.1. The van der Waals surface area contributed by atoms with Crippen molar-refractivity contribution in [3.8, 4) is 5.75 Å². The lowest BCUT2D eigenvalue weighted by molar-refractivity contribution is 0.306. The molecule has 1 aromatic rings. The number of nitrogens with one attached hydrogen (secondary N) is 1. The summed E-state index contributed by atoms with van der Waals surface area (Å²) >= 11 is 0. The minimum absolute atomic E-state index is 0.0626. The Hall–Kier alpha value is -1.75. The first-order valence-electron chi connectivity index (χ1n) is 7.52. The number of benzene rings is 1. The summed E-state index contributed by atoms with van der Waals surface area (Å²) < 4.78 is 5.32. The van der Waals surface area contributed by atoms with Gasteiger partial charge in [-0.2, -0.15) is 0 Å². The van der Waals surface area contributed by atoms with E-state index in [9.17, 15) is 0 Å². The van der Waals surface area contributed by atoms with E-state index in [0.717, 1.165) is 18.0 Å². The molecule has 0 unspecified atom stereocenters. The molecule has 0 saturated heterocycles. The fourth-order valence-electron chi connectivity index (χ4n) is 2.84. The van der Waals surface area contributed by atoms with Crippen molar-refractivity contribution in [1.29, 1.82) is 0 Å². The molecular weight excluding hydrogens is 266 g/mol. The van der Waals surface area contributed by atoms with Gasteiger partial charge in [0.15, 0.2) is 5.84 Å². The molecule has 0 amide bonds. The van der Waals surface area contributed by atoms with Crippen LogP contribution in [0.3, 0.4) is 0 Å². The molecule has 116 valence electrons. The first-order valence-corrected chi connectivity index (χ1v) is 7.52. The third-order valence-corrected chi connectivity index (χ3v) is 4.26. The molecule has 1 aliphatic carbocycles. The molecule has 5 nitrogen and oxygen atoms in total. The fourth-order valence-corrected chi connectivity index (χ4v) is 2.84. The summed E-state index contributed by atoms with van der Waals surface area (Å²) in [5.74, 6) is 1.55. The zero-order chi connectivity index (χ0) is 15.2. The first kappa shape index (κ1) is 15.6. The summed E-state index contributed by atoms with van der Waals surface area (Å²) in [4.78, 5) is 0. The van der Waals surface area contributed by atoms with E-state index >= 15 is 0 Å². The van der Waals surface area contributed by atoms with E-state index in [1.165, 1.54) is 25.7 Å². The molecule has 21 heavy (non-hydrogen) atoms. The lowest BCUT2D eigenvalue weighted by Crippen LogP contribution is -2.32. The summed E-state index contributed by atoms with van der Waals surface area (Å²) in [7, 11) is 1.59. The average molecular weight is 291 g/mol. The molecule has 0 aliphatic heterocycles. The second-order valence-corrected chi connectivity index (χ2v) is 5.86. The van der Waals surface area contributed by atoms with Crippen molar-refractivity contribution in [3.63, 3.8) is 0 Å². The van der Waals surface area contributed by atoms with Crippen molar-refractivity contribution >= 4 is 5.84 Å². The molecule has 0 atom stereocenters. The maximum absolute atomic E-state index is 8.77. The Bertz CT molecular complexity index is 494. The van der Waals surface area contributed by atoms with Gasteiger partial charge in [0.1, 0.15) is 5.75 Å². The Kier molecular flexibility index (Phi) is 5.44. The maximum Gasteiger partial charge on any atom is 0.173 e. The van der Waals surface area contributed by atoms with Gasteiger partial charge < -0.3 is 21.0 Å². The van der Waals surface area contributed by atoms with Crippen molar-refractivity contribution in [1.82, 2.24) is 5.32 Å². The summed E-state index contributed by atoms with van der Waals surface area (Å²) in [5, 5.41) is 15.4. The zero-order valence-corrected chi connectivity index (χ0v) is 12.8. The molecule has 0 heterocycles. The smallest absolute Gasteiger partial charge is 0.173 e. The van der Waals surface area contributed by atoms with Crippen molar-refractivity contribution < 1.29 is 9.94 Å². The van der Waals surface area contributed by atoms with Crippen LogP contribution < -0.4 is 15.8 Å². The van der Waals surface area contributed by atoms with Crippen molar-refractivity contribution in [2.45, 2.75) is 45.2 Å². The van der Waals surface area contributed by atoms with Crippen LogP contribution in [0.4, 0.5) is 0 Å². The van der Waals surface area contributed by atoms with Crippen LogP contribution in [0.2, 0.25) is 0 Å². The van der Waals surface area contributed by atoms with E-state index in [0.29, 0.717) is 17.4 Å². The molecule has 1 saturated carbocycles. The van der Waals surface area contributed by atoms with E-state index in [1.54, 1.807) is 7.11 Å². The number of amidine groups is 1. The van der Waals surface area contributed by atoms with E-state index in [-0.39, 0.29) is 5.84 Å². The molecular formula is C16H25N3O2. The number of nitrogens with zero attached hydrogens (tertiary/aromatic N) is 1. The minimum Gasteiger partial charge on any atom is -0.496 e. The third-order valence-electron chi connectivity index (χ3n) is 4.26. The molecule has 2 rings (SSSR count). The molecule has 1 aliphatic rings. The topological polar surface area (TPSA) is 79.9 Å². The molecule has 0 aromatic heterocycles. The Morgan fingerprint density at radius 1 is 1.38 bits per heavy atom. The van der Waals surface area contributed by atoms with Gasteiger partial charge in [-0.15, -0.1) is 0 Å². The van der Waals surface area contributed by atoms with Crippen molar-refractivity contribution in [2.24, 2.45) is 16.8 Å². The standard InChI is InChI=1S/C16H25N3O2/c1-11-3-6-13(7-4-11)18-10-12-5-8-14(16(17)19-20)15(9-12)21-2/h5,8-9,11,13,18,20H,3-4,6-7,10H2,1-2H3,(H2,17,19). The summed E-state index contributed by atoms with van der Waals surface area (Å²) in [6.07, 6.45) is 5.12. The fraction of sp³-hybridized carbons (Fsp3) is 0.562. The lowest BCUT2D eigenvalue weighted by Gasteiger charge is -2.27. The highest BCUT2D eigenvalue weighted by Crippen LogP contribution is 2.24. The van der Waals surface area contributed by atoms with Gasteiger partial charge in [-0.05, 0) is 49.3 Å². The van der Waals surface area contributed by atoms with E-state index < -0.39 is 0 Å². The minimum atomic E-state index is 0.0626. The van der Waals surface area contributed by atoms with Gasteiger partial charge in [-0.3, -0.25) is 0 Å². The van der Waals surface area contributed by atoms with Crippen LogP contribution in [0, 0.1) is 5.92 Å². The normalized spacial score (nSPS) is 23.0. The summed E-state index contributed by atoms with van der Waals surface area (Å²) in [6, 6.07) is 6.35. The van der Waals surface area contributed by atoms with Crippen molar-refractivity contribution in [3.05, 3.63) is 29.3 Å². The highest BCUT2D eigenvalue weighted by molar-refractivity contribution is 5.99.